The Morgan fingerprint density at radius 3 is 2.71 bits per heavy atom. The molecule has 0 radical (unpaired) electrons. The molecule has 0 aliphatic carbocycles. The normalized spacial score (nSPS) is 16.2. The molecule has 0 N–H and O–H groups in total. The Morgan fingerprint density at radius 2 is 2.10 bits per heavy atom. The smallest absolute Gasteiger partial charge is 0.261 e. The molecule has 5 nitrogen and oxygen atoms in total. The fourth-order valence-corrected chi connectivity index (χ4v) is 2.54. The van der Waals surface area contributed by atoms with Gasteiger partial charge in [0.25, 0.3) is 5.56 Å². The zero-order chi connectivity index (χ0) is 15.4. The summed E-state index contributed by atoms with van der Waals surface area (Å²) in [6.45, 7) is 9.10. The lowest BCUT2D eigenvalue weighted by molar-refractivity contribution is -0.0810. The van der Waals surface area contributed by atoms with Crippen molar-refractivity contribution in [2.45, 2.75) is 45.9 Å². The number of hydrogen-bond donors (Lipinski definition) is 0. The minimum Gasteiger partial charge on any atom is -0.373 e. The summed E-state index contributed by atoms with van der Waals surface area (Å²) in [7, 11) is 0. The molecule has 0 bridgehead atoms. The van der Waals surface area contributed by atoms with Crippen LogP contribution in [0.2, 0.25) is 0 Å². The van der Waals surface area contributed by atoms with Crippen molar-refractivity contribution in [2.24, 2.45) is 0 Å². The predicted octanol–water partition coefficient (Wildman–Crippen LogP) is 1.55. The summed E-state index contributed by atoms with van der Waals surface area (Å²) in [6, 6.07) is 3.38. The third-order valence-electron chi connectivity index (χ3n) is 3.69. The van der Waals surface area contributed by atoms with Crippen LogP contribution in [0.5, 0.6) is 0 Å². The van der Waals surface area contributed by atoms with E-state index < -0.39 is 0 Å². The second kappa shape index (κ2) is 7.00. The second-order valence-corrected chi connectivity index (χ2v) is 5.76. The molecule has 0 aromatic carbocycles. The molecule has 1 fully saturated rings. The van der Waals surface area contributed by atoms with Crippen molar-refractivity contribution in [3.8, 4) is 0 Å². The molecule has 21 heavy (non-hydrogen) atoms. The van der Waals surface area contributed by atoms with E-state index >= 15 is 0 Å². The van der Waals surface area contributed by atoms with Crippen LogP contribution in [0.15, 0.2) is 23.1 Å². The lowest BCUT2D eigenvalue weighted by atomic mass is 10.1. The first-order chi connectivity index (χ1) is 10.0. The van der Waals surface area contributed by atoms with Crippen molar-refractivity contribution >= 4 is 5.78 Å². The fraction of sp³-hybridized carbons (Fsp3) is 0.625. The number of likely N-dealkylation sites (tertiary alicyclic amines) is 1. The van der Waals surface area contributed by atoms with E-state index in [2.05, 4.69) is 4.90 Å². The van der Waals surface area contributed by atoms with Gasteiger partial charge in [0.2, 0.25) is 0 Å². The SMILES string of the molecule is CCC(=O)c1cccn(CCN2CC(OC(C)C)C2)c1=O. The summed E-state index contributed by atoms with van der Waals surface area (Å²) in [5.74, 6) is -0.0938. The second-order valence-electron chi connectivity index (χ2n) is 5.76. The van der Waals surface area contributed by atoms with Crippen LogP contribution < -0.4 is 5.56 Å². The first-order valence-corrected chi connectivity index (χ1v) is 7.61. The lowest BCUT2D eigenvalue weighted by Crippen LogP contribution is -2.53. The van der Waals surface area contributed by atoms with Crippen molar-refractivity contribution in [3.05, 3.63) is 34.2 Å². The summed E-state index contributed by atoms with van der Waals surface area (Å²) < 4.78 is 7.33. The minimum atomic E-state index is -0.181. The standard InChI is InChI=1S/C16H24N2O3/c1-4-15(19)14-6-5-7-18(16(14)20)9-8-17-10-13(11-17)21-12(2)3/h5-7,12-13H,4,8-11H2,1-3H3. The van der Waals surface area contributed by atoms with Crippen LogP contribution in [0.1, 0.15) is 37.6 Å². The maximum absolute atomic E-state index is 12.2. The zero-order valence-electron chi connectivity index (χ0n) is 13.0. The number of carbonyl (C=O) groups excluding carboxylic acids is 1. The number of pyridine rings is 1. The third-order valence-corrected chi connectivity index (χ3v) is 3.69. The Morgan fingerprint density at radius 1 is 1.38 bits per heavy atom. The average Bonchev–Trinajstić information content (AvgIpc) is 2.41. The number of nitrogens with zero attached hydrogens (tertiary/aromatic N) is 2. The number of hydrogen-bond acceptors (Lipinski definition) is 4. The molecule has 0 saturated carbocycles. The summed E-state index contributed by atoms with van der Waals surface area (Å²) in [4.78, 5) is 26.2. The number of rotatable bonds is 7. The summed E-state index contributed by atoms with van der Waals surface area (Å²) in [5.41, 5.74) is 0.115. The highest BCUT2D eigenvalue weighted by atomic mass is 16.5. The number of aromatic nitrogens is 1. The molecule has 5 heteroatoms. The van der Waals surface area contributed by atoms with Gasteiger partial charge in [0.1, 0.15) is 0 Å². The highest BCUT2D eigenvalue weighted by Gasteiger charge is 2.27. The summed E-state index contributed by atoms with van der Waals surface area (Å²) in [6.07, 6.45) is 2.68. The molecule has 116 valence electrons. The van der Waals surface area contributed by atoms with Crippen LogP contribution in [-0.2, 0) is 11.3 Å². The van der Waals surface area contributed by atoms with Crippen molar-refractivity contribution in [2.75, 3.05) is 19.6 Å². The average molecular weight is 292 g/mol. The van der Waals surface area contributed by atoms with Crippen LogP contribution in [0.25, 0.3) is 0 Å². The predicted molar refractivity (Wildman–Crippen MR) is 81.8 cm³/mol. The summed E-state index contributed by atoms with van der Waals surface area (Å²) in [5, 5.41) is 0. The van der Waals surface area contributed by atoms with E-state index in [1.807, 2.05) is 13.8 Å². The quantitative estimate of drug-likeness (QED) is 0.716. The number of carbonyl (C=O) groups is 1. The van der Waals surface area contributed by atoms with E-state index in [0.717, 1.165) is 19.6 Å². The number of ketones is 1. The molecule has 0 amide bonds. The molecule has 1 saturated heterocycles. The van der Waals surface area contributed by atoms with E-state index in [9.17, 15) is 9.59 Å². The molecule has 1 aromatic rings. The third kappa shape index (κ3) is 4.02. The van der Waals surface area contributed by atoms with Gasteiger partial charge in [-0.2, -0.15) is 0 Å². The van der Waals surface area contributed by atoms with Gasteiger partial charge >= 0.3 is 0 Å². The van der Waals surface area contributed by atoms with E-state index in [1.165, 1.54) is 0 Å². The van der Waals surface area contributed by atoms with E-state index in [0.29, 0.717) is 24.6 Å². The van der Waals surface area contributed by atoms with Gasteiger partial charge in [0.15, 0.2) is 5.78 Å². The lowest BCUT2D eigenvalue weighted by Gasteiger charge is -2.39. The van der Waals surface area contributed by atoms with Crippen molar-refractivity contribution in [1.29, 1.82) is 0 Å². The fourth-order valence-electron chi connectivity index (χ4n) is 2.54. The van der Waals surface area contributed by atoms with Gasteiger partial charge in [0.05, 0.1) is 17.8 Å². The van der Waals surface area contributed by atoms with E-state index in [-0.39, 0.29) is 17.4 Å². The van der Waals surface area contributed by atoms with E-state index in [4.69, 9.17) is 4.74 Å². The number of ether oxygens (including phenoxy) is 1. The Bertz CT molecular complexity index is 545. The van der Waals surface area contributed by atoms with Gasteiger partial charge in [-0.3, -0.25) is 14.5 Å². The monoisotopic (exact) mass is 292 g/mol. The Balaban J connectivity index is 1.88. The van der Waals surface area contributed by atoms with Crippen molar-refractivity contribution < 1.29 is 9.53 Å². The zero-order valence-corrected chi connectivity index (χ0v) is 13.0. The van der Waals surface area contributed by atoms with Crippen LogP contribution in [-0.4, -0.2) is 47.1 Å². The molecule has 2 heterocycles. The molecule has 0 atom stereocenters. The largest absolute Gasteiger partial charge is 0.373 e. The first kappa shape index (κ1) is 15.9. The van der Waals surface area contributed by atoms with Crippen molar-refractivity contribution in [1.82, 2.24) is 9.47 Å². The number of Topliss-reactive ketones (excluding diaryl/α,β-unsaturated/α-hetero) is 1. The maximum atomic E-state index is 12.2. The molecular formula is C16H24N2O3. The highest BCUT2D eigenvalue weighted by molar-refractivity contribution is 5.95. The van der Waals surface area contributed by atoms with Gasteiger partial charge in [-0.15, -0.1) is 0 Å². The highest BCUT2D eigenvalue weighted by Crippen LogP contribution is 2.13. The van der Waals surface area contributed by atoms with Gasteiger partial charge in [-0.05, 0) is 26.0 Å². The van der Waals surface area contributed by atoms with Crippen LogP contribution in [0.3, 0.4) is 0 Å². The Kier molecular flexibility index (Phi) is 5.31. The van der Waals surface area contributed by atoms with E-state index in [1.54, 1.807) is 29.8 Å². The molecular weight excluding hydrogens is 268 g/mol. The minimum absolute atomic E-state index is 0.0938. The summed E-state index contributed by atoms with van der Waals surface area (Å²) >= 11 is 0. The topological polar surface area (TPSA) is 51.5 Å². The molecule has 2 rings (SSSR count). The molecule has 0 spiro atoms. The van der Waals surface area contributed by atoms with Gasteiger partial charge in [-0.25, -0.2) is 0 Å². The van der Waals surface area contributed by atoms with Gasteiger partial charge < -0.3 is 9.30 Å². The van der Waals surface area contributed by atoms with Crippen molar-refractivity contribution in [3.63, 3.8) is 0 Å². The van der Waals surface area contributed by atoms with Crippen LogP contribution in [0, 0.1) is 0 Å². The van der Waals surface area contributed by atoms with Crippen LogP contribution in [0.4, 0.5) is 0 Å². The Hall–Kier alpha value is -1.46. The molecule has 0 unspecified atom stereocenters. The van der Waals surface area contributed by atoms with Gasteiger partial charge in [0, 0.05) is 38.8 Å². The molecule has 1 aromatic heterocycles. The first-order valence-electron chi connectivity index (χ1n) is 7.61. The Labute approximate surface area is 125 Å². The molecule has 1 aliphatic heterocycles. The maximum Gasteiger partial charge on any atom is 0.261 e. The van der Waals surface area contributed by atoms with Gasteiger partial charge in [-0.1, -0.05) is 6.92 Å². The van der Waals surface area contributed by atoms with Crippen LogP contribution >= 0.6 is 0 Å². The molecule has 1 aliphatic rings.